The highest BCUT2D eigenvalue weighted by atomic mass is 35.5. The number of nitrogens with one attached hydrogen (secondary N) is 1. The van der Waals surface area contributed by atoms with Gasteiger partial charge in [0.15, 0.2) is 0 Å². The molecule has 28 heavy (non-hydrogen) atoms. The molecular formula is C23H27ClN2OS. The third-order valence-corrected chi connectivity index (χ3v) is 6.66. The maximum atomic E-state index is 12.8. The van der Waals surface area contributed by atoms with E-state index >= 15 is 0 Å². The van der Waals surface area contributed by atoms with Crippen molar-refractivity contribution in [1.29, 1.82) is 0 Å². The largest absolute Gasteiger partial charge is 0.349 e. The molecule has 1 heterocycles. The summed E-state index contributed by atoms with van der Waals surface area (Å²) in [6.45, 7) is 7.15. The Morgan fingerprint density at radius 2 is 1.75 bits per heavy atom. The predicted molar refractivity (Wildman–Crippen MR) is 121 cm³/mol. The Balaban J connectivity index is 1.76. The zero-order chi connectivity index (χ0) is 20.5. The zero-order valence-corrected chi connectivity index (χ0v) is 18.6. The molecule has 3 aromatic rings. The van der Waals surface area contributed by atoms with Gasteiger partial charge in [0.05, 0.1) is 11.1 Å². The van der Waals surface area contributed by atoms with Gasteiger partial charge in [0.2, 0.25) is 0 Å². The van der Waals surface area contributed by atoms with Gasteiger partial charge in [0.25, 0.3) is 5.91 Å². The standard InChI is InChI=1S/C23H27ClN2OS/c1-23(2,3)16-12-10-15(11-13-16)18(26(4)5)14-25-22(27)21-20(24)17-8-6-7-9-19(17)28-21/h6-13,18H,14H2,1-5H3,(H,25,27)/t18-/m0/s1. The molecule has 0 saturated carbocycles. The lowest BCUT2D eigenvalue weighted by atomic mass is 9.86. The molecule has 0 aliphatic carbocycles. The minimum atomic E-state index is -0.121. The summed E-state index contributed by atoms with van der Waals surface area (Å²) in [6, 6.07) is 16.6. The fourth-order valence-electron chi connectivity index (χ4n) is 3.23. The van der Waals surface area contributed by atoms with Gasteiger partial charge in [-0.15, -0.1) is 11.3 Å². The Kier molecular flexibility index (Phi) is 6.13. The maximum Gasteiger partial charge on any atom is 0.262 e. The highest BCUT2D eigenvalue weighted by Crippen LogP contribution is 2.35. The van der Waals surface area contributed by atoms with Crippen molar-refractivity contribution in [1.82, 2.24) is 10.2 Å². The van der Waals surface area contributed by atoms with E-state index in [0.717, 1.165) is 10.1 Å². The molecular weight excluding hydrogens is 388 g/mol. The number of rotatable bonds is 5. The second kappa shape index (κ2) is 8.24. The average Bonchev–Trinajstić information content (AvgIpc) is 2.98. The van der Waals surface area contributed by atoms with E-state index in [0.29, 0.717) is 16.4 Å². The van der Waals surface area contributed by atoms with Crippen molar-refractivity contribution in [2.45, 2.75) is 32.2 Å². The summed E-state index contributed by atoms with van der Waals surface area (Å²) >= 11 is 7.88. The van der Waals surface area contributed by atoms with Crippen molar-refractivity contribution >= 4 is 38.9 Å². The molecule has 0 saturated heterocycles. The number of hydrogen-bond acceptors (Lipinski definition) is 3. The summed E-state index contributed by atoms with van der Waals surface area (Å²) < 4.78 is 1.03. The van der Waals surface area contributed by atoms with Crippen LogP contribution in [0.1, 0.15) is 47.6 Å². The second-order valence-corrected chi connectivity index (χ2v) is 9.73. The molecule has 0 aliphatic rings. The summed E-state index contributed by atoms with van der Waals surface area (Å²) in [5.41, 5.74) is 2.61. The van der Waals surface area contributed by atoms with E-state index in [9.17, 15) is 4.79 Å². The van der Waals surface area contributed by atoms with Crippen LogP contribution >= 0.6 is 22.9 Å². The molecule has 0 unspecified atom stereocenters. The Bertz CT molecular complexity index is 970. The van der Waals surface area contributed by atoms with Crippen molar-refractivity contribution in [2.75, 3.05) is 20.6 Å². The fraction of sp³-hybridized carbons (Fsp3) is 0.348. The number of benzene rings is 2. The molecule has 0 bridgehead atoms. The van der Waals surface area contributed by atoms with Crippen molar-refractivity contribution < 1.29 is 4.79 Å². The summed E-state index contributed by atoms with van der Waals surface area (Å²) in [6.07, 6.45) is 0. The smallest absolute Gasteiger partial charge is 0.262 e. The highest BCUT2D eigenvalue weighted by molar-refractivity contribution is 7.21. The van der Waals surface area contributed by atoms with Crippen LogP contribution in [-0.4, -0.2) is 31.4 Å². The molecule has 148 valence electrons. The van der Waals surface area contributed by atoms with E-state index in [4.69, 9.17) is 11.6 Å². The molecule has 0 radical (unpaired) electrons. The Morgan fingerprint density at radius 3 is 2.32 bits per heavy atom. The minimum Gasteiger partial charge on any atom is -0.349 e. The van der Waals surface area contributed by atoms with Crippen LogP contribution in [0.5, 0.6) is 0 Å². The number of halogens is 1. The van der Waals surface area contributed by atoms with Gasteiger partial charge >= 0.3 is 0 Å². The molecule has 0 fully saturated rings. The van der Waals surface area contributed by atoms with Crippen molar-refractivity contribution in [2.24, 2.45) is 0 Å². The first-order valence-corrected chi connectivity index (χ1v) is 10.6. The Morgan fingerprint density at radius 1 is 1.11 bits per heavy atom. The first kappa shape index (κ1) is 20.8. The normalized spacial score (nSPS) is 13.1. The van der Waals surface area contributed by atoms with Gasteiger partial charge in [-0.2, -0.15) is 0 Å². The van der Waals surface area contributed by atoms with Crippen LogP contribution in [-0.2, 0) is 5.41 Å². The van der Waals surface area contributed by atoms with Crippen LogP contribution < -0.4 is 5.32 Å². The van der Waals surface area contributed by atoms with E-state index in [1.165, 1.54) is 22.5 Å². The fourth-order valence-corrected chi connectivity index (χ4v) is 4.67. The van der Waals surface area contributed by atoms with E-state index in [-0.39, 0.29) is 17.4 Å². The topological polar surface area (TPSA) is 32.3 Å². The third kappa shape index (κ3) is 4.40. The van der Waals surface area contributed by atoms with Gasteiger partial charge in [-0.3, -0.25) is 4.79 Å². The van der Waals surface area contributed by atoms with E-state index in [1.807, 2.05) is 38.4 Å². The molecule has 1 amide bonds. The second-order valence-electron chi connectivity index (χ2n) is 8.30. The molecule has 0 spiro atoms. The van der Waals surface area contributed by atoms with E-state index in [2.05, 4.69) is 55.3 Å². The van der Waals surface area contributed by atoms with Gasteiger partial charge in [-0.05, 0) is 36.7 Å². The van der Waals surface area contributed by atoms with Gasteiger partial charge < -0.3 is 10.2 Å². The molecule has 1 N–H and O–H groups in total. The summed E-state index contributed by atoms with van der Waals surface area (Å²) in [5.74, 6) is -0.121. The molecule has 3 rings (SSSR count). The number of likely N-dealkylation sites (N-methyl/N-ethyl adjacent to an activating group) is 1. The van der Waals surface area contributed by atoms with E-state index < -0.39 is 0 Å². The number of nitrogens with zero attached hydrogens (tertiary/aromatic N) is 1. The lowest BCUT2D eigenvalue weighted by Gasteiger charge is -2.26. The van der Waals surface area contributed by atoms with Crippen LogP contribution in [0, 0.1) is 0 Å². The summed E-state index contributed by atoms with van der Waals surface area (Å²) in [7, 11) is 4.06. The average molecular weight is 415 g/mol. The number of thiophene rings is 1. The molecule has 3 nitrogen and oxygen atoms in total. The Hall–Kier alpha value is -1.88. The zero-order valence-electron chi connectivity index (χ0n) is 17.0. The number of carbonyl (C=O) groups is 1. The van der Waals surface area contributed by atoms with Crippen molar-refractivity contribution in [3.8, 4) is 0 Å². The van der Waals surface area contributed by atoms with Crippen LogP contribution in [0.15, 0.2) is 48.5 Å². The molecule has 1 atom stereocenters. The lowest BCUT2D eigenvalue weighted by Crippen LogP contribution is -2.34. The number of amides is 1. The first-order chi connectivity index (χ1) is 13.2. The summed E-state index contributed by atoms with van der Waals surface area (Å²) in [4.78, 5) is 15.5. The van der Waals surface area contributed by atoms with Gasteiger partial charge in [-0.25, -0.2) is 0 Å². The first-order valence-electron chi connectivity index (χ1n) is 9.40. The quantitative estimate of drug-likeness (QED) is 0.564. The molecule has 5 heteroatoms. The Labute approximate surface area is 176 Å². The van der Waals surface area contributed by atoms with Crippen molar-refractivity contribution in [3.63, 3.8) is 0 Å². The predicted octanol–water partition coefficient (Wildman–Crippen LogP) is 5.88. The highest BCUT2D eigenvalue weighted by Gasteiger charge is 2.21. The third-order valence-electron chi connectivity index (χ3n) is 4.98. The number of hydrogen-bond donors (Lipinski definition) is 1. The SMILES string of the molecule is CN(C)[C@@H](CNC(=O)c1sc2ccccc2c1Cl)c1ccc(C(C)(C)C)cc1. The van der Waals surface area contributed by atoms with Crippen LogP contribution in [0.4, 0.5) is 0 Å². The van der Waals surface area contributed by atoms with Crippen LogP contribution in [0.2, 0.25) is 5.02 Å². The molecule has 0 aliphatic heterocycles. The van der Waals surface area contributed by atoms with Crippen LogP contribution in [0.3, 0.4) is 0 Å². The van der Waals surface area contributed by atoms with Gasteiger partial charge in [0, 0.05) is 16.6 Å². The van der Waals surface area contributed by atoms with Crippen LogP contribution in [0.25, 0.3) is 10.1 Å². The molecule has 2 aromatic carbocycles. The molecule has 1 aromatic heterocycles. The number of carbonyl (C=O) groups excluding carboxylic acids is 1. The number of fused-ring (bicyclic) bond motifs is 1. The minimum absolute atomic E-state index is 0.0890. The van der Waals surface area contributed by atoms with Gasteiger partial charge in [0.1, 0.15) is 4.88 Å². The van der Waals surface area contributed by atoms with Crippen molar-refractivity contribution in [3.05, 3.63) is 69.6 Å². The monoisotopic (exact) mass is 414 g/mol. The van der Waals surface area contributed by atoms with E-state index in [1.54, 1.807) is 0 Å². The maximum absolute atomic E-state index is 12.8. The van der Waals surface area contributed by atoms with Gasteiger partial charge in [-0.1, -0.05) is 74.8 Å². The summed E-state index contributed by atoms with van der Waals surface area (Å²) in [5, 5.41) is 4.54. The lowest BCUT2D eigenvalue weighted by molar-refractivity contribution is 0.0946.